The second-order valence-electron chi connectivity index (χ2n) is 3.98. The van der Waals surface area contributed by atoms with Crippen molar-refractivity contribution in [3.05, 3.63) is 40.8 Å². The van der Waals surface area contributed by atoms with Gasteiger partial charge in [-0.25, -0.2) is 9.50 Å². The van der Waals surface area contributed by atoms with Gasteiger partial charge in [0, 0.05) is 17.1 Å². The molecule has 0 saturated heterocycles. The molecule has 0 N–H and O–H groups in total. The third-order valence-corrected chi connectivity index (χ3v) is 3.38. The minimum atomic E-state index is 0.861. The molecule has 1 aromatic carbocycles. The van der Waals surface area contributed by atoms with Gasteiger partial charge in [0.1, 0.15) is 5.82 Å². The Morgan fingerprint density at radius 1 is 1.18 bits per heavy atom. The molecule has 0 unspecified atom stereocenters. The maximum atomic E-state index is 4.58. The molecule has 0 amide bonds. The lowest BCUT2D eigenvalue weighted by Gasteiger charge is -1.96. The third kappa shape index (κ3) is 1.67. The molecule has 3 rings (SSSR count). The molecule has 0 spiro atoms. The van der Waals surface area contributed by atoms with Crippen LogP contribution in [0.3, 0.4) is 0 Å². The summed E-state index contributed by atoms with van der Waals surface area (Å²) in [5, 5.41) is 4.38. The summed E-state index contributed by atoms with van der Waals surface area (Å²) in [4.78, 5) is 4.58. The molecule has 5 heteroatoms. The fraction of sp³-hybridized carbons (Fsp3) is 0.167. The van der Waals surface area contributed by atoms with E-state index in [9.17, 15) is 0 Å². The average Bonchev–Trinajstić information content (AvgIpc) is 2.82. The normalized spacial score (nSPS) is 11.2. The van der Waals surface area contributed by atoms with Gasteiger partial charge in [0.25, 0.3) is 0 Å². The van der Waals surface area contributed by atoms with Gasteiger partial charge in [-0.3, -0.25) is 0 Å². The van der Waals surface area contributed by atoms with Crippen LogP contribution < -0.4 is 0 Å². The van der Waals surface area contributed by atoms with Crippen LogP contribution in [0.4, 0.5) is 0 Å². The van der Waals surface area contributed by atoms with Crippen molar-refractivity contribution in [3.8, 4) is 11.3 Å². The van der Waals surface area contributed by atoms with E-state index in [1.807, 2.05) is 53.5 Å². The van der Waals surface area contributed by atoms with Crippen LogP contribution in [0.2, 0.25) is 0 Å². The molecule has 0 aliphatic rings. The standard InChI is InChI=1S/C12H11BrN4/c1-8-15-17-7-11(14-12(17)16(8)2)9-3-5-10(13)6-4-9/h3-7H,1-2H3. The number of halogens is 1. The number of hydrogen-bond donors (Lipinski definition) is 0. The molecule has 86 valence electrons. The van der Waals surface area contributed by atoms with Crippen molar-refractivity contribution in [2.45, 2.75) is 6.92 Å². The molecule has 2 aromatic heterocycles. The van der Waals surface area contributed by atoms with Gasteiger partial charge < -0.3 is 4.57 Å². The summed E-state index contributed by atoms with van der Waals surface area (Å²) >= 11 is 3.42. The Kier molecular flexibility index (Phi) is 2.29. The number of hydrogen-bond acceptors (Lipinski definition) is 2. The fourth-order valence-electron chi connectivity index (χ4n) is 1.79. The van der Waals surface area contributed by atoms with Crippen molar-refractivity contribution < 1.29 is 0 Å². The maximum absolute atomic E-state index is 4.58. The monoisotopic (exact) mass is 290 g/mol. The zero-order valence-corrected chi connectivity index (χ0v) is 11.1. The number of fused-ring (bicyclic) bond motifs is 1. The Labute approximate surface area is 107 Å². The van der Waals surface area contributed by atoms with E-state index < -0.39 is 0 Å². The van der Waals surface area contributed by atoms with E-state index in [0.29, 0.717) is 0 Å². The molecular weight excluding hydrogens is 280 g/mol. The van der Waals surface area contributed by atoms with Crippen molar-refractivity contribution in [1.29, 1.82) is 0 Å². The van der Waals surface area contributed by atoms with Gasteiger partial charge in [-0.15, -0.1) is 0 Å². The predicted octanol–water partition coefficient (Wildman–Crippen LogP) is 2.81. The highest BCUT2D eigenvalue weighted by molar-refractivity contribution is 9.10. The maximum Gasteiger partial charge on any atom is 0.232 e. The number of imidazole rings is 1. The third-order valence-electron chi connectivity index (χ3n) is 2.85. The number of nitrogens with zero attached hydrogens (tertiary/aromatic N) is 4. The molecular formula is C12H11BrN4. The number of aromatic nitrogens is 4. The first-order valence-corrected chi connectivity index (χ1v) is 6.09. The van der Waals surface area contributed by atoms with Crippen LogP contribution in [0, 0.1) is 6.92 Å². The van der Waals surface area contributed by atoms with Crippen LogP contribution in [0.5, 0.6) is 0 Å². The first-order chi connectivity index (χ1) is 8.15. The minimum Gasteiger partial charge on any atom is -0.300 e. The minimum absolute atomic E-state index is 0.861. The van der Waals surface area contributed by atoms with Gasteiger partial charge in [-0.1, -0.05) is 28.1 Å². The van der Waals surface area contributed by atoms with Crippen LogP contribution in [0.1, 0.15) is 5.82 Å². The van der Waals surface area contributed by atoms with Crippen LogP contribution in [-0.4, -0.2) is 19.2 Å². The fourth-order valence-corrected chi connectivity index (χ4v) is 2.06. The van der Waals surface area contributed by atoms with E-state index >= 15 is 0 Å². The van der Waals surface area contributed by atoms with Crippen molar-refractivity contribution >= 4 is 21.7 Å². The summed E-state index contributed by atoms with van der Waals surface area (Å²) in [6.07, 6.45) is 1.95. The summed E-state index contributed by atoms with van der Waals surface area (Å²) in [6, 6.07) is 8.10. The van der Waals surface area contributed by atoms with Crippen LogP contribution in [-0.2, 0) is 7.05 Å². The molecule has 0 radical (unpaired) electrons. The van der Waals surface area contributed by atoms with E-state index in [0.717, 1.165) is 27.3 Å². The van der Waals surface area contributed by atoms with Crippen LogP contribution >= 0.6 is 15.9 Å². The molecule has 0 aliphatic heterocycles. The van der Waals surface area contributed by atoms with E-state index in [-0.39, 0.29) is 0 Å². The Morgan fingerprint density at radius 2 is 1.88 bits per heavy atom. The number of aryl methyl sites for hydroxylation is 2. The Bertz CT molecular complexity index is 678. The van der Waals surface area contributed by atoms with E-state index in [2.05, 4.69) is 26.0 Å². The highest BCUT2D eigenvalue weighted by Crippen LogP contribution is 2.21. The number of benzene rings is 1. The lowest BCUT2D eigenvalue weighted by Crippen LogP contribution is -1.91. The quantitative estimate of drug-likeness (QED) is 0.691. The summed E-state index contributed by atoms with van der Waals surface area (Å²) < 4.78 is 4.86. The van der Waals surface area contributed by atoms with Gasteiger partial charge in [-0.2, -0.15) is 5.10 Å². The molecule has 4 nitrogen and oxygen atoms in total. The lowest BCUT2D eigenvalue weighted by molar-refractivity contribution is 0.866. The SMILES string of the molecule is Cc1nn2cc(-c3ccc(Br)cc3)nc2n1C. The molecule has 0 saturated carbocycles. The molecule has 0 fully saturated rings. The van der Waals surface area contributed by atoms with E-state index in [4.69, 9.17) is 0 Å². The average molecular weight is 291 g/mol. The van der Waals surface area contributed by atoms with Gasteiger partial charge in [-0.05, 0) is 19.1 Å². The molecule has 17 heavy (non-hydrogen) atoms. The second-order valence-corrected chi connectivity index (χ2v) is 4.90. The van der Waals surface area contributed by atoms with Gasteiger partial charge in [0.2, 0.25) is 5.78 Å². The molecule has 0 atom stereocenters. The van der Waals surface area contributed by atoms with Crippen molar-refractivity contribution in [2.75, 3.05) is 0 Å². The van der Waals surface area contributed by atoms with Gasteiger partial charge in [0.15, 0.2) is 0 Å². The van der Waals surface area contributed by atoms with Gasteiger partial charge in [0.05, 0.1) is 11.9 Å². The first kappa shape index (κ1) is 10.5. The molecule has 0 bridgehead atoms. The highest BCUT2D eigenvalue weighted by atomic mass is 79.9. The topological polar surface area (TPSA) is 35.1 Å². The zero-order valence-electron chi connectivity index (χ0n) is 9.55. The molecule has 3 aromatic rings. The molecule has 0 aliphatic carbocycles. The summed E-state index contributed by atoms with van der Waals surface area (Å²) in [6.45, 7) is 1.97. The van der Waals surface area contributed by atoms with E-state index in [1.165, 1.54) is 0 Å². The Balaban J connectivity index is 2.15. The van der Waals surface area contributed by atoms with Crippen LogP contribution in [0.25, 0.3) is 17.0 Å². The summed E-state index contributed by atoms with van der Waals surface area (Å²) in [7, 11) is 1.97. The summed E-state index contributed by atoms with van der Waals surface area (Å²) in [5.74, 6) is 1.82. The number of rotatable bonds is 1. The lowest BCUT2D eigenvalue weighted by atomic mass is 10.2. The molecule has 2 heterocycles. The Hall–Kier alpha value is -1.62. The predicted molar refractivity (Wildman–Crippen MR) is 69.8 cm³/mol. The van der Waals surface area contributed by atoms with Crippen LogP contribution in [0.15, 0.2) is 34.9 Å². The van der Waals surface area contributed by atoms with Crippen molar-refractivity contribution in [2.24, 2.45) is 7.05 Å². The largest absolute Gasteiger partial charge is 0.300 e. The van der Waals surface area contributed by atoms with E-state index in [1.54, 1.807) is 0 Å². The Morgan fingerprint density at radius 3 is 2.53 bits per heavy atom. The van der Waals surface area contributed by atoms with Crippen molar-refractivity contribution in [1.82, 2.24) is 19.2 Å². The van der Waals surface area contributed by atoms with Gasteiger partial charge >= 0.3 is 0 Å². The van der Waals surface area contributed by atoms with Crippen molar-refractivity contribution in [3.63, 3.8) is 0 Å². The first-order valence-electron chi connectivity index (χ1n) is 5.30. The second kappa shape index (κ2) is 3.70. The smallest absolute Gasteiger partial charge is 0.232 e. The summed E-state index contributed by atoms with van der Waals surface area (Å²) in [5.41, 5.74) is 2.03. The highest BCUT2D eigenvalue weighted by Gasteiger charge is 2.09. The zero-order chi connectivity index (χ0) is 12.0.